The summed E-state index contributed by atoms with van der Waals surface area (Å²) in [7, 11) is 0. The van der Waals surface area contributed by atoms with Gasteiger partial charge in [0, 0.05) is 18.1 Å². The van der Waals surface area contributed by atoms with Crippen molar-refractivity contribution >= 4 is 11.6 Å². The molecule has 2 aromatic rings. The third kappa shape index (κ3) is 2.33. The maximum Gasteiger partial charge on any atom is 0.293 e. The summed E-state index contributed by atoms with van der Waals surface area (Å²) in [5, 5.41) is 11.7. The Hall–Kier alpha value is -2.43. The molecule has 2 N–H and O–H groups in total. The van der Waals surface area contributed by atoms with Gasteiger partial charge in [-0.2, -0.15) is 0 Å². The molecule has 0 unspecified atom stereocenters. The van der Waals surface area contributed by atoms with E-state index in [0.29, 0.717) is 5.69 Å². The molecule has 1 amide bonds. The van der Waals surface area contributed by atoms with Crippen molar-refractivity contribution in [1.82, 2.24) is 9.97 Å². The summed E-state index contributed by atoms with van der Waals surface area (Å²) in [4.78, 5) is 19.2. The first-order valence-electron chi connectivity index (χ1n) is 4.63. The highest BCUT2D eigenvalue weighted by atomic mass is 16.3. The zero-order valence-electron chi connectivity index (χ0n) is 8.29. The molecule has 2 rings (SSSR count). The third-order valence-electron chi connectivity index (χ3n) is 1.89. The number of benzene rings is 1. The van der Waals surface area contributed by atoms with Crippen LogP contribution in [0.25, 0.3) is 0 Å². The number of phenolic OH excluding ortho intramolecular Hbond substituents is 1. The predicted molar refractivity (Wildman–Crippen MR) is 58.1 cm³/mol. The zero-order chi connectivity index (χ0) is 11.4. The molecule has 5 nitrogen and oxygen atoms in total. The summed E-state index contributed by atoms with van der Waals surface area (Å²) in [6.45, 7) is 0. The summed E-state index contributed by atoms with van der Waals surface area (Å²) < 4.78 is 0. The van der Waals surface area contributed by atoms with Crippen LogP contribution in [0.3, 0.4) is 0 Å². The summed E-state index contributed by atoms with van der Waals surface area (Å²) >= 11 is 0. The van der Waals surface area contributed by atoms with Crippen LogP contribution in [-0.4, -0.2) is 21.0 Å². The van der Waals surface area contributed by atoms with E-state index in [9.17, 15) is 4.79 Å². The van der Waals surface area contributed by atoms with E-state index in [0.717, 1.165) is 0 Å². The van der Waals surface area contributed by atoms with Gasteiger partial charge in [-0.1, -0.05) is 0 Å². The van der Waals surface area contributed by atoms with Crippen molar-refractivity contribution < 1.29 is 9.90 Å². The van der Waals surface area contributed by atoms with Gasteiger partial charge in [-0.15, -0.1) is 0 Å². The van der Waals surface area contributed by atoms with Crippen molar-refractivity contribution in [3.05, 3.63) is 48.5 Å². The summed E-state index contributed by atoms with van der Waals surface area (Å²) in [6, 6.07) is 7.80. The molecule has 5 heteroatoms. The number of amides is 1. The molecular formula is C11H9N3O2. The van der Waals surface area contributed by atoms with E-state index in [-0.39, 0.29) is 17.5 Å². The predicted octanol–water partition coefficient (Wildman–Crippen LogP) is 1.43. The number of carbonyl (C=O) groups excluding carboxylic acids is 1. The Morgan fingerprint density at radius 3 is 2.38 bits per heavy atom. The normalized spacial score (nSPS) is 9.75. The van der Waals surface area contributed by atoms with E-state index < -0.39 is 0 Å². The van der Waals surface area contributed by atoms with Crippen molar-refractivity contribution in [2.24, 2.45) is 0 Å². The number of anilines is 1. The van der Waals surface area contributed by atoms with Gasteiger partial charge in [-0.3, -0.25) is 4.79 Å². The molecule has 0 saturated carbocycles. The maximum atomic E-state index is 11.6. The number of carbonyl (C=O) groups is 1. The molecule has 0 aliphatic rings. The van der Waals surface area contributed by atoms with E-state index in [1.54, 1.807) is 18.2 Å². The topological polar surface area (TPSA) is 75.1 Å². The van der Waals surface area contributed by atoms with Gasteiger partial charge in [0.25, 0.3) is 5.91 Å². The maximum absolute atomic E-state index is 11.6. The highest BCUT2D eigenvalue weighted by Crippen LogP contribution is 2.13. The number of hydrogen-bond donors (Lipinski definition) is 2. The van der Waals surface area contributed by atoms with E-state index in [2.05, 4.69) is 15.3 Å². The Balaban J connectivity index is 2.11. The average Bonchev–Trinajstić information content (AvgIpc) is 2.33. The highest BCUT2D eigenvalue weighted by molar-refractivity contribution is 6.01. The number of aromatic hydroxyl groups is 1. The smallest absolute Gasteiger partial charge is 0.293 e. The van der Waals surface area contributed by atoms with E-state index in [4.69, 9.17) is 5.11 Å². The van der Waals surface area contributed by atoms with Crippen molar-refractivity contribution in [2.75, 3.05) is 5.32 Å². The first-order valence-corrected chi connectivity index (χ1v) is 4.63. The van der Waals surface area contributed by atoms with Gasteiger partial charge >= 0.3 is 0 Å². The molecule has 16 heavy (non-hydrogen) atoms. The molecule has 0 saturated heterocycles. The molecule has 1 aromatic carbocycles. The molecule has 1 aromatic heterocycles. The second kappa shape index (κ2) is 4.39. The van der Waals surface area contributed by atoms with Gasteiger partial charge < -0.3 is 10.4 Å². The molecule has 0 aliphatic carbocycles. The first-order chi connectivity index (χ1) is 7.75. The number of rotatable bonds is 2. The van der Waals surface area contributed by atoms with Gasteiger partial charge in [0.2, 0.25) is 5.82 Å². The van der Waals surface area contributed by atoms with Crippen LogP contribution in [0, 0.1) is 0 Å². The monoisotopic (exact) mass is 215 g/mol. The number of nitrogens with zero attached hydrogens (tertiary/aromatic N) is 2. The highest BCUT2D eigenvalue weighted by Gasteiger charge is 2.07. The standard InChI is InChI=1S/C11H9N3O2/c15-9-4-2-8(3-5-9)14-11(16)10-12-6-1-7-13-10/h1-7,15H,(H,14,16). The van der Waals surface area contributed by atoms with E-state index in [1.165, 1.54) is 24.5 Å². The van der Waals surface area contributed by atoms with Crippen molar-refractivity contribution in [3.63, 3.8) is 0 Å². The first kappa shape index (κ1) is 10.1. The molecule has 0 atom stereocenters. The quantitative estimate of drug-likeness (QED) is 0.743. The van der Waals surface area contributed by atoms with Gasteiger partial charge in [-0.25, -0.2) is 9.97 Å². The SMILES string of the molecule is O=C(Nc1ccc(O)cc1)c1ncccn1. The van der Waals surface area contributed by atoms with Gasteiger partial charge in [0.15, 0.2) is 0 Å². The summed E-state index contributed by atoms with van der Waals surface area (Å²) in [6.07, 6.45) is 3.00. The van der Waals surface area contributed by atoms with Crippen LogP contribution in [0.5, 0.6) is 5.75 Å². The largest absolute Gasteiger partial charge is 0.508 e. The second-order valence-electron chi connectivity index (χ2n) is 3.07. The minimum Gasteiger partial charge on any atom is -0.508 e. The van der Waals surface area contributed by atoms with Crippen LogP contribution in [0.1, 0.15) is 10.6 Å². The van der Waals surface area contributed by atoms with Crippen molar-refractivity contribution in [2.45, 2.75) is 0 Å². The molecule has 0 radical (unpaired) electrons. The van der Waals surface area contributed by atoms with Crippen LogP contribution in [-0.2, 0) is 0 Å². The molecule has 0 aliphatic heterocycles. The fourth-order valence-corrected chi connectivity index (χ4v) is 1.15. The van der Waals surface area contributed by atoms with E-state index >= 15 is 0 Å². The van der Waals surface area contributed by atoms with Crippen LogP contribution in [0.4, 0.5) is 5.69 Å². The Morgan fingerprint density at radius 2 is 1.75 bits per heavy atom. The average molecular weight is 215 g/mol. The van der Waals surface area contributed by atoms with Gasteiger partial charge in [-0.05, 0) is 30.3 Å². The number of phenols is 1. The van der Waals surface area contributed by atoms with E-state index in [1.807, 2.05) is 0 Å². The number of aromatic nitrogens is 2. The Kier molecular flexibility index (Phi) is 2.77. The Labute approximate surface area is 91.8 Å². The third-order valence-corrected chi connectivity index (χ3v) is 1.89. The lowest BCUT2D eigenvalue weighted by Gasteiger charge is -2.03. The fraction of sp³-hybridized carbons (Fsp3) is 0. The van der Waals surface area contributed by atoms with Crippen LogP contribution in [0.15, 0.2) is 42.7 Å². The lowest BCUT2D eigenvalue weighted by atomic mass is 10.3. The van der Waals surface area contributed by atoms with Gasteiger partial charge in [0.1, 0.15) is 5.75 Å². The summed E-state index contributed by atoms with van der Waals surface area (Å²) in [5.41, 5.74) is 0.579. The van der Waals surface area contributed by atoms with Crippen LogP contribution >= 0.6 is 0 Å². The van der Waals surface area contributed by atoms with Crippen molar-refractivity contribution in [1.29, 1.82) is 0 Å². The molecular weight excluding hydrogens is 206 g/mol. The second-order valence-corrected chi connectivity index (χ2v) is 3.07. The number of nitrogens with one attached hydrogen (secondary N) is 1. The molecule has 0 fully saturated rings. The molecule has 0 bridgehead atoms. The van der Waals surface area contributed by atoms with Crippen molar-refractivity contribution in [3.8, 4) is 5.75 Å². The minimum absolute atomic E-state index is 0.107. The lowest BCUT2D eigenvalue weighted by molar-refractivity contribution is 0.101. The zero-order valence-corrected chi connectivity index (χ0v) is 8.29. The fourth-order valence-electron chi connectivity index (χ4n) is 1.15. The lowest BCUT2D eigenvalue weighted by Crippen LogP contribution is -2.14. The minimum atomic E-state index is -0.383. The molecule has 0 spiro atoms. The number of hydrogen-bond acceptors (Lipinski definition) is 4. The Bertz CT molecular complexity index is 482. The molecule has 1 heterocycles. The van der Waals surface area contributed by atoms with Gasteiger partial charge in [0.05, 0.1) is 0 Å². The van der Waals surface area contributed by atoms with Crippen LogP contribution in [0.2, 0.25) is 0 Å². The Morgan fingerprint density at radius 1 is 1.12 bits per heavy atom. The summed E-state index contributed by atoms with van der Waals surface area (Å²) in [5.74, 6) is -0.129. The van der Waals surface area contributed by atoms with Crippen LogP contribution < -0.4 is 5.32 Å². The molecule has 80 valence electrons.